The summed E-state index contributed by atoms with van der Waals surface area (Å²) >= 11 is 0. The molecule has 21 heavy (non-hydrogen) atoms. The van der Waals surface area contributed by atoms with Crippen LogP contribution in [0.25, 0.3) is 0 Å². The molecule has 6 fully saturated rings. The topological polar surface area (TPSA) is 0 Å². The second kappa shape index (κ2) is 4.12. The lowest BCUT2D eigenvalue weighted by Crippen LogP contribution is -2.35. The first-order valence-corrected chi connectivity index (χ1v) is 10.00. The van der Waals surface area contributed by atoms with Crippen LogP contribution in [0.15, 0.2) is 0 Å². The SMILES string of the molecule is CC1C(BC2C[C@@H]3CC(C[C@H]2C)C3C)CC2CC3C1C23C. The first-order valence-electron chi connectivity index (χ1n) is 10.00. The van der Waals surface area contributed by atoms with Gasteiger partial charge in [0.05, 0.1) is 0 Å². The van der Waals surface area contributed by atoms with E-state index in [0.29, 0.717) is 0 Å². The van der Waals surface area contributed by atoms with Crippen molar-refractivity contribution >= 4 is 7.28 Å². The maximum atomic E-state index is 2.62. The van der Waals surface area contributed by atoms with Crippen LogP contribution in [-0.2, 0) is 0 Å². The minimum absolute atomic E-state index is 0.834. The standard InChI is InChI=1S/C20H33B/c1-10-5-13-6-14(11(13)2)7-17(10)21-18-9-15-8-16-19(12(18)3)20(15,16)4/h10-19,21H,5-9H2,1-4H3/t10-,11?,12?,13?,14+,15?,16?,17?,18?,19?,20?/m1/s1. The van der Waals surface area contributed by atoms with Gasteiger partial charge in [0.15, 0.2) is 0 Å². The largest absolute Gasteiger partial charge is 0.128 e. The summed E-state index contributed by atoms with van der Waals surface area (Å²) < 4.78 is 0. The van der Waals surface area contributed by atoms with Gasteiger partial charge < -0.3 is 0 Å². The van der Waals surface area contributed by atoms with Crippen LogP contribution >= 0.6 is 0 Å². The molecule has 0 N–H and O–H groups in total. The van der Waals surface area contributed by atoms with Crippen LogP contribution in [0, 0.1) is 52.8 Å². The monoisotopic (exact) mass is 284 g/mol. The third kappa shape index (κ3) is 1.60. The fourth-order valence-electron chi connectivity index (χ4n) is 8.14. The van der Waals surface area contributed by atoms with Crippen molar-refractivity contribution in [3.05, 3.63) is 0 Å². The molecular weight excluding hydrogens is 251 g/mol. The Morgan fingerprint density at radius 1 is 0.810 bits per heavy atom. The predicted molar refractivity (Wildman–Crippen MR) is 90.8 cm³/mol. The molecule has 0 saturated heterocycles. The third-order valence-corrected chi connectivity index (χ3v) is 9.94. The molecule has 6 saturated carbocycles. The third-order valence-electron chi connectivity index (χ3n) is 9.94. The maximum absolute atomic E-state index is 2.62. The highest BCUT2D eigenvalue weighted by Gasteiger charge is 2.76. The van der Waals surface area contributed by atoms with Gasteiger partial charge in [-0.05, 0) is 72.0 Å². The van der Waals surface area contributed by atoms with Crippen molar-refractivity contribution in [3.8, 4) is 0 Å². The average molecular weight is 284 g/mol. The Morgan fingerprint density at radius 2 is 1.57 bits per heavy atom. The van der Waals surface area contributed by atoms with Gasteiger partial charge in [-0.25, -0.2) is 0 Å². The maximum Gasteiger partial charge on any atom is 0.128 e. The summed E-state index contributed by atoms with van der Waals surface area (Å²) in [5.74, 6) is 10.9. The van der Waals surface area contributed by atoms with E-state index >= 15 is 0 Å². The summed E-state index contributed by atoms with van der Waals surface area (Å²) in [4.78, 5) is 0. The van der Waals surface area contributed by atoms with Gasteiger partial charge in [0.1, 0.15) is 7.28 Å². The molecule has 0 aliphatic heterocycles. The number of hydrogen-bond donors (Lipinski definition) is 0. The molecule has 6 aliphatic rings. The molecule has 116 valence electrons. The van der Waals surface area contributed by atoms with Crippen LogP contribution in [-0.4, -0.2) is 7.28 Å². The van der Waals surface area contributed by atoms with Gasteiger partial charge in [-0.15, -0.1) is 0 Å². The molecular formula is C20H33B. The lowest BCUT2D eigenvalue weighted by Gasteiger charge is -2.43. The average Bonchev–Trinajstić information content (AvgIpc) is 3.08. The van der Waals surface area contributed by atoms with Gasteiger partial charge in [0.2, 0.25) is 0 Å². The summed E-state index contributed by atoms with van der Waals surface area (Å²) in [6, 6.07) is 0. The molecule has 0 aromatic rings. The zero-order valence-corrected chi connectivity index (χ0v) is 14.5. The molecule has 0 radical (unpaired) electrons. The molecule has 0 heterocycles. The summed E-state index contributed by atoms with van der Waals surface area (Å²) in [6.07, 6.45) is 7.91. The first kappa shape index (κ1) is 13.5. The highest BCUT2D eigenvalue weighted by atomic mass is 14.8. The van der Waals surface area contributed by atoms with Crippen molar-refractivity contribution in [2.24, 2.45) is 52.8 Å². The number of rotatable bonds is 2. The molecule has 0 aromatic heterocycles. The van der Waals surface area contributed by atoms with Crippen molar-refractivity contribution in [1.82, 2.24) is 0 Å². The molecule has 9 unspecified atom stereocenters. The molecule has 11 atom stereocenters. The Labute approximate surface area is 132 Å². The lowest BCUT2D eigenvalue weighted by atomic mass is 9.43. The summed E-state index contributed by atoms with van der Waals surface area (Å²) in [5, 5.41) is 0. The van der Waals surface area contributed by atoms with Crippen molar-refractivity contribution in [3.63, 3.8) is 0 Å². The fraction of sp³-hybridized carbons (Fsp3) is 1.00. The van der Waals surface area contributed by atoms with Gasteiger partial charge in [-0.1, -0.05) is 52.2 Å². The Bertz CT molecular complexity index is 457. The molecule has 1 heteroatoms. The van der Waals surface area contributed by atoms with Crippen LogP contribution in [0.2, 0.25) is 11.6 Å². The van der Waals surface area contributed by atoms with E-state index in [1.807, 2.05) is 0 Å². The molecule has 0 amide bonds. The van der Waals surface area contributed by atoms with Gasteiger partial charge in [-0.2, -0.15) is 0 Å². The Morgan fingerprint density at radius 3 is 2.33 bits per heavy atom. The normalized spacial score (nSPS) is 67.2. The Hall–Kier alpha value is 0.0649. The van der Waals surface area contributed by atoms with E-state index in [0.717, 1.165) is 64.4 Å². The van der Waals surface area contributed by atoms with Crippen molar-refractivity contribution < 1.29 is 0 Å². The Balaban J connectivity index is 1.29. The molecule has 0 spiro atoms. The second-order valence-electron chi connectivity index (χ2n) is 10.3. The van der Waals surface area contributed by atoms with Gasteiger partial charge >= 0.3 is 0 Å². The Kier molecular flexibility index (Phi) is 2.65. The van der Waals surface area contributed by atoms with Crippen molar-refractivity contribution in [2.75, 3.05) is 0 Å². The van der Waals surface area contributed by atoms with E-state index in [-0.39, 0.29) is 0 Å². The van der Waals surface area contributed by atoms with Gasteiger partial charge in [-0.3, -0.25) is 0 Å². The van der Waals surface area contributed by atoms with Crippen LogP contribution in [0.3, 0.4) is 0 Å². The lowest BCUT2D eigenvalue weighted by molar-refractivity contribution is 0.0905. The summed E-state index contributed by atoms with van der Waals surface area (Å²) in [5.41, 5.74) is 0.834. The van der Waals surface area contributed by atoms with E-state index in [1.165, 1.54) is 0 Å². The van der Waals surface area contributed by atoms with Crippen LogP contribution in [0.4, 0.5) is 0 Å². The minimum atomic E-state index is 0.834. The number of fused-ring (bicyclic) bond motifs is 4. The molecule has 0 nitrogen and oxygen atoms in total. The molecule has 6 aliphatic carbocycles. The quantitative estimate of drug-likeness (QED) is 0.625. The van der Waals surface area contributed by atoms with E-state index in [1.54, 1.807) is 39.4 Å². The van der Waals surface area contributed by atoms with Crippen molar-refractivity contribution in [2.45, 2.75) is 71.4 Å². The molecule has 6 rings (SSSR count). The minimum Gasteiger partial charge on any atom is -0.0629 e. The predicted octanol–water partition coefficient (Wildman–Crippen LogP) is 5.01. The molecule has 0 aromatic carbocycles. The van der Waals surface area contributed by atoms with Crippen molar-refractivity contribution in [1.29, 1.82) is 0 Å². The van der Waals surface area contributed by atoms with E-state index < -0.39 is 0 Å². The van der Waals surface area contributed by atoms with Gasteiger partial charge in [0.25, 0.3) is 0 Å². The number of hydrogen-bond acceptors (Lipinski definition) is 0. The van der Waals surface area contributed by atoms with E-state index in [9.17, 15) is 0 Å². The highest BCUT2D eigenvalue weighted by molar-refractivity contribution is 6.40. The second-order valence-corrected chi connectivity index (χ2v) is 10.3. The van der Waals surface area contributed by atoms with Gasteiger partial charge in [0, 0.05) is 0 Å². The van der Waals surface area contributed by atoms with Crippen LogP contribution in [0.5, 0.6) is 0 Å². The smallest absolute Gasteiger partial charge is 0.0629 e. The molecule has 2 bridgehead atoms. The zero-order chi connectivity index (χ0) is 14.5. The zero-order valence-electron chi connectivity index (χ0n) is 14.5. The first-order chi connectivity index (χ1) is 10.00. The summed E-state index contributed by atoms with van der Waals surface area (Å²) in [6.45, 7) is 10.4. The van der Waals surface area contributed by atoms with Crippen LogP contribution in [0.1, 0.15) is 59.8 Å². The summed E-state index contributed by atoms with van der Waals surface area (Å²) in [7, 11) is 1.59. The van der Waals surface area contributed by atoms with E-state index in [4.69, 9.17) is 0 Å². The van der Waals surface area contributed by atoms with Crippen LogP contribution < -0.4 is 0 Å². The fourth-order valence-corrected chi connectivity index (χ4v) is 8.14. The highest BCUT2D eigenvalue weighted by Crippen LogP contribution is 2.82. The van der Waals surface area contributed by atoms with E-state index in [2.05, 4.69) is 27.7 Å².